The highest BCUT2D eigenvalue weighted by Gasteiger charge is 2.15. The Balaban J connectivity index is 2.37. The molecule has 1 aromatic rings. The van der Waals surface area contributed by atoms with E-state index in [1.165, 1.54) is 11.3 Å². The molecular weight excluding hydrogens is 228 g/mol. The van der Waals surface area contributed by atoms with Crippen LogP contribution in [0, 0.1) is 6.92 Å². The van der Waals surface area contributed by atoms with Crippen LogP contribution >= 0.6 is 11.3 Å². The third-order valence-corrected chi connectivity index (χ3v) is 2.75. The Morgan fingerprint density at radius 2 is 2.31 bits per heavy atom. The fourth-order valence-corrected chi connectivity index (χ4v) is 1.81. The molecule has 2 amide bonds. The third-order valence-electron chi connectivity index (χ3n) is 1.84. The second-order valence-corrected chi connectivity index (χ2v) is 4.68. The van der Waals surface area contributed by atoms with Crippen molar-refractivity contribution in [1.82, 2.24) is 10.3 Å². The summed E-state index contributed by atoms with van der Waals surface area (Å²) in [5.41, 5.74) is 10.4. The number of hydrogen-bond donors (Lipinski definition) is 3. The maximum absolute atomic E-state index is 11.4. The summed E-state index contributed by atoms with van der Waals surface area (Å²) in [5.74, 6) is -0.987. The molecule has 0 spiro atoms. The maximum Gasteiger partial charge on any atom is 0.237 e. The lowest BCUT2D eigenvalue weighted by Gasteiger charge is -2.08. The van der Waals surface area contributed by atoms with E-state index in [4.69, 9.17) is 11.5 Å². The maximum atomic E-state index is 11.4. The van der Waals surface area contributed by atoms with Crippen LogP contribution in [-0.2, 0) is 16.1 Å². The normalized spacial score (nSPS) is 12.1. The van der Waals surface area contributed by atoms with Gasteiger partial charge in [0.05, 0.1) is 19.0 Å². The van der Waals surface area contributed by atoms with E-state index in [-0.39, 0.29) is 6.42 Å². The number of nitrogens with zero attached hydrogens (tertiary/aromatic N) is 1. The van der Waals surface area contributed by atoms with Gasteiger partial charge >= 0.3 is 0 Å². The van der Waals surface area contributed by atoms with Crippen LogP contribution in [0.15, 0.2) is 6.20 Å². The highest BCUT2D eigenvalue weighted by Crippen LogP contribution is 2.10. The van der Waals surface area contributed by atoms with Crippen molar-refractivity contribution in [1.29, 1.82) is 0 Å². The van der Waals surface area contributed by atoms with Crippen molar-refractivity contribution in [2.24, 2.45) is 11.5 Å². The zero-order valence-corrected chi connectivity index (χ0v) is 9.71. The fourth-order valence-electron chi connectivity index (χ4n) is 1.09. The molecule has 0 aliphatic rings. The number of thiazole rings is 1. The van der Waals surface area contributed by atoms with Crippen LogP contribution in [0.2, 0.25) is 0 Å². The predicted molar refractivity (Wildman–Crippen MR) is 60.5 cm³/mol. The summed E-state index contributed by atoms with van der Waals surface area (Å²) in [6, 6.07) is -0.890. The summed E-state index contributed by atoms with van der Waals surface area (Å²) in [7, 11) is 0. The topological polar surface area (TPSA) is 111 Å². The molecule has 6 nitrogen and oxygen atoms in total. The number of carbonyl (C=O) groups is 2. The van der Waals surface area contributed by atoms with Gasteiger partial charge < -0.3 is 16.8 Å². The highest BCUT2D eigenvalue weighted by molar-refractivity contribution is 7.11. The van der Waals surface area contributed by atoms with Gasteiger partial charge in [-0.3, -0.25) is 9.59 Å². The minimum absolute atomic E-state index is 0.150. The van der Waals surface area contributed by atoms with E-state index in [2.05, 4.69) is 10.3 Å². The fraction of sp³-hybridized carbons (Fsp3) is 0.444. The molecule has 1 unspecified atom stereocenters. The molecule has 1 aromatic heterocycles. The summed E-state index contributed by atoms with van der Waals surface area (Å²) in [4.78, 5) is 27.1. The Morgan fingerprint density at radius 1 is 1.62 bits per heavy atom. The van der Waals surface area contributed by atoms with Crippen LogP contribution < -0.4 is 16.8 Å². The molecule has 0 aliphatic carbocycles. The summed E-state index contributed by atoms with van der Waals surface area (Å²) in [5, 5.41) is 3.40. The number of aryl methyl sites for hydroxylation is 1. The zero-order chi connectivity index (χ0) is 12.1. The van der Waals surface area contributed by atoms with Crippen LogP contribution in [0.3, 0.4) is 0 Å². The second-order valence-electron chi connectivity index (χ2n) is 3.36. The monoisotopic (exact) mass is 242 g/mol. The molecular formula is C9H14N4O2S. The van der Waals surface area contributed by atoms with Crippen molar-refractivity contribution in [3.8, 4) is 0 Å². The molecule has 0 aromatic carbocycles. The van der Waals surface area contributed by atoms with Gasteiger partial charge in [-0.2, -0.15) is 0 Å². The lowest BCUT2D eigenvalue weighted by Crippen LogP contribution is -2.42. The number of carbonyl (C=O) groups excluding carboxylic acids is 2. The second kappa shape index (κ2) is 5.57. The van der Waals surface area contributed by atoms with E-state index < -0.39 is 17.9 Å². The molecule has 0 saturated carbocycles. The Kier molecular flexibility index (Phi) is 4.39. The van der Waals surface area contributed by atoms with E-state index in [9.17, 15) is 9.59 Å². The molecule has 1 atom stereocenters. The van der Waals surface area contributed by atoms with E-state index >= 15 is 0 Å². The molecule has 7 heteroatoms. The van der Waals surface area contributed by atoms with E-state index in [0.717, 1.165) is 9.88 Å². The van der Waals surface area contributed by atoms with Gasteiger partial charge in [0.2, 0.25) is 11.8 Å². The van der Waals surface area contributed by atoms with E-state index in [1.807, 2.05) is 6.92 Å². The van der Waals surface area contributed by atoms with Crippen molar-refractivity contribution in [2.75, 3.05) is 0 Å². The molecule has 0 fully saturated rings. The molecule has 0 radical (unpaired) electrons. The van der Waals surface area contributed by atoms with Crippen molar-refractivity contribution >= 4 is 23.2 Å². The van der Waals surface area contributed by atoms with Gasteiger partial charge in [0, 0.05) is 11.1 Å². The Hall–Kier alpha value is -1.47. The summed E-state index contributed by atoms with van der Waals surface area (Å²) in [6.45, 7) is 2.26. The van der Waals surface area contributed by atoms with Crippen molar-refractivity contribution < 1.29 is 9.59 Å². The number of hydrogen-bond acceptors (Lipinski definition) is 5. The Morgan fingerprint density at radius 3 is 2.81 bits per heavy atom. The largest absolute Gasteiger partial charge is 0.370 e. The number of amides is 2. The molecule has 0 bridgehead atoms. The van der Waals surface area contributed by atoms with Crippen LogP contribution in [0.25, 0.3) is 0 Å². The van der Waals surface area contributed by atoms with Gasteiger partial charge in [0.25, 0.3) is 0 Å². The molecule has 0 aliphatic heterocycles. The summed E-state index contributed by atoms with van der Waals surface area (Å²) < 4.78 is 0. The first kappa shape index (κ1) is 12.6. The van der Waals surface area contributed by atoms with Gasteiger partial charge in [0.15, 0.2) is 0 Å². The average molecular weight is 242 g/mol. The summed E-state index contributed by atoms with van der Waals surface area (Å²) >= 11 is 1.50. The quantitative estimate of drug-likeness (QED) is 0.632. The number of primary amides is 1. The molecule has 0 saturated heterocycles. The molecule has 1 heterocycles. The first-order valence-electron chi connectivity index (χ1n) is 4.72. The van der Waals surface area contributed by atoms with Crippen LogP contribution in [0.1, 0.15) is 16.3 Å². The van der Waals surface area contributed by atoms with Gasteiger partial charge in [-0.1, -0.05) is 0 Å². The van der Waals surface area contributed by atoms with Crippen molar-refractivity contribution in [3.05, 3.63) is 16.1 Å². The smallest absolute Gasteiger partial charge is 0.237 e. The Bertz CT molecular complexity index is 391. The van der Waals surface area contributed by atoms with Crippen molar-refractivity contribution in [3.63, 3.8) is 0 Å². The van der Waals surface area contributed by atoms with E-state index in [0.29, 0.717) is 6.54 Å². The van der Waals surface area contributed by atoms with Gasteiger partial charge in [-0.25, -0.2) is 4.98 Å². The number of nitrogens with one attached hydrogen (secondary N) is 1. The summed E-state index contributed by atoms with van der Waals surface area (Å²) in [6.07, 6.45) is 1.58. The van der Waals surface area contributed by atoms with Crippen molar-refractivity contribution in [2.45, 2.75) is 25.9 Å². The molecule has 5 N–H and O–H groups in total. The molecule has 88 valence electrons. The third kappa shape index (κ3) is 3.95. The lowest BCUT2D eigenvalue weighted by atomic mass is 10.2. The number of nitrogens with two attached hydrogens (primary N) is 2. The minimum atomic E-state index is -0.890. The van der Waals surface area contributed by atoms with Gasteiger partial charge in [-0.05, 0) is 6.92 Å². The first-order chi connectivity index (χ1) is 7.49. The van der Waals surface area contributed by atoms with E-state index in [1.54, 1.807) is 6.20 Å². The lowest BCUT2D eigenvalue weighted by molar-refractivity contribution is -0.126. The van der Waals surface area contributed by atoms with Gasteiger partial charge in [-0.15, -0.1) is 11.3 Å². The first-order valence-corrected chi connectivity index (χ1v) is 5.53. The van der Waals surface area contributed by atoms with Crippen LogP contribution in [0.5, 0.6) is 0 Å². The standard InChI is InChI=1S/C9H14N4O2S/c1-5-3-12-8(16-5)4-13-9(15)6(10)2-7(11)14/h3,6H,2,4,10H2,1H3,(H2,11,14)(H,13,15). The SMILES string of the molecule is Cc1cnc(CNC(=O)C(N)CC(N)=O)s1. The van der Waals surface area contributed by atoms with Gasteiger partial charge in [0.1, 0.15) is 5.01 Å². The number of rotatable bonds is 5. The zero-order valence-electron chi connectivity index (χ0n) is 8.90. The highest BCUT2D eigenvalue weighted by atomic mass is 32.1. The molecule has 1 rings (SSSR count). The average Bonchev–Trinajstić information content (AvgIpc) is 2.59. The molecule has 16 heavy (non-hydrogen) atoms. The number of aromatic nitrogens is 1. The van der Waals surface area contributed by atoms with Crippen LogP contribution in [0.4, 0.5) is 0 Å². The minimum Gasteiger partial charge on any atom is -0.370 e. The van der Waals surface area contributed by atoms with Crippen LogP contribution in [-0.4, -0.2) is 22.8 Å². The predicted octanol–water partition coefficient (Wildman–Crippen LogP) is -0.730. The Labute approximate surface area is 97.0 Å².